The van der Waals surface area contributed by atoms with Crippen LogP contribution in [-0.4, -0.2) is 17.1 Å². The summed E-state index contributed by atoms with van der Waals surface area (Å²) in [6.45, 7) is 0. The van der Waals surface area contributed by atoms with E-state index in [2.05, 4.69) is 0 Å². The largest absolute Gasteiger partial charge is 0.480 e. The fourth-order valence-corrected chi connectivity index (χ4v) is 1.69. The zero-order chi connectivity index (χ0) is 8.27. The second-order valence-corrected chi connectivity index (χ2v) is 3.26. The molecule has 0 heterocycles. The molecule has 3 N–H and O–H groups in total. The standard InChI is InChI=1S/C8H15NO2.ClH/c9-7(8(10)11)6-4-2-1-3-5-6;/h6-7H,1-5,9H2,(H,10,11);1H/t7-;/m1./s1. The highest BCUT2D eigenvalue weighted by molar-refractivity contribution is 5.85. The number of nitrogens with two attached hydrogens (primary N) is 1. The van der Waals surface area contributed by atoms with Gasteiger partial charge in [-0.3, -0.25) is 4.79 Å². The van der Waals surface area contributed by atoms with E-state index in [1.165, 1.54) is 6.42 Å². The van der Waals surface area contributed by atoms with E-state index in [4.69, 9.17) is 10.8 Å². The normalized spacial score (nSPS) is 21.1. The van der Waals surface area contributed by atoms with Gasteiger partial charge in [-0.1, -0.05) is 19.3 Å². The molecule has 1 aliphatic carbocycles. The van der Waals surface area contributed by atoms with E-state index in [-0.39, 0.29) is 18.3 Å². The summed E-state index contributed by atoms with van der Waals surface area (Å²) in [5, 5.41) is 8.61. The first kappa shape index (κ1) is 11.7. The summed E-state index contributed by atoms with van der Waals surface area (Å²) in [6.07, 6.45) is 5.51. The molecule has 0 saturated heterocycles. The van der Waals surface area contributed by atoms with Crippen molar-refractivity contribution in [1.29, 1.82) is 0 Å². The lowest BCUT2D eigenvalue weighted by Gasteiger charge is -2.24. The Bertz CT molecular complexity index is 146. The lowest BCUT2D eigenvalue weighted by Crippen LogP contribution is -2.38. The molecule has 0 aromatic heterocycles. The van der Waals surface area contributed by atoms with Crippen LogP contribution >= 0.6 is 12.4 Å². The zero-order valence-corrected chi connectivity index (χ0v) is 7.85. The summed E-state index contributed by atoms with van der Waals surface area (Å²) in [5.41, 5.74) is 5.49. The average Bonchev–Trinajstić information content (AvgIpc) is 2.05. The van der Waals surface area contributed by atoms with Crippen LogP contribution in [0.3, 0.4) is 0 Å². The zero-order valence-electron chi connectivity index (χ0n) is 7.03. The van der Waals surface area contributed by atoms with Crippen LogP contribution in [0, 0.1) is 5.92 Å². The van der Waals surface area contributed by atoms with E-state index in [0.29, 0.717) is 0 Å². The van der Waals surface area contributed by atoms with Crippen LogP contribution < -0.4 is 5.73 Å². The highest BCUT2D eigenvalue weighted by atomic mass is 35.5. The molecule has 1 saturated carbocycles. The summed E-state index contributed by atoms with van der Waals surface area (Å²) >= 11 is 0. The Labute approximate surface area is 78.7 Å². The van der Waals surface area contributed by atoms with Crippen molar-refractivity contribution in [3.05, 3.63) is 0 Å². The van der Waals surface area contributed by atoms with E-state index < -0.39 is 12.0 Å². The van der Waals surface area contributed by atoms with Gasteiger partial charge >= 0.3 is 5.97 Å². The van der Waals surface area contributed by atoms with Crippen LogP contribution in [0.2, 0.25) is 0 Å². The van der Waals surface area contributed by atoms with Gasteiger partial charge in [0.25, 0.3) is 0 Å². The third-order valence-corrected chi connectivity index (χ3v) is 2.44. The Morgan fingerprint density at radius 1 is 1.33 bits per heavy atom. The van der Waals surface area contributed by atoms with Gasteiger partial charge in [0.15, 0.2) is 0 Å². The Hall–Kier alpha value is -0.280. The summed E-state index contributed by atoms with van der Waals surface area (Å²) in [4.78, 5) is 10.5. The predicted octanol–water partition coefficient (Wildman–Crippen LogP) is 1.40. The highest BCUT2D eigenvalue weighted by Crippen LogP contribution is 2.25. The number of carbonyl (C=O) groups is 1. The molecule has 72 valence electrons. The van der Waals surface area contributed by atoms with Crippen molar-refractivity contribution in [3.63, 3.8) is 0 Å². The molecule has 4 heteroatoms. The number of halogens is 1. The fourth-order valence-electron chi connectivity index (χ4n) is 1.69. The average molecular weight is 194 g/mol. The molecule has 0 aromatic carbocycles. The van der Waals surface area contributed by atoms with Gasteiger partial charge in [-0.05, 0) is 18.8 Å². The van der Waals surface area contributed by atoms with Gasteiger partial charge in [0.2, 0.25) is 0 Å². The lowest BCUT2D eigenvalue weighted by molar-refractivity contribution is -0.140. The van der Waals surface area contributed by atoms with Crippen LogP contribution in [0.4, 0.5) is 0 Å². The van der Waals surface area contributed by atoms with Crippen LogP contribution in [0.1, 0.15) is 32.1 Å². The quantitative estimate of drug-likeness (QED) is 0.697. The van der Waals surface area contributed by atoms with Crippen molar-refractivity contribution >= 4 is 18.4 Å². The summed E-state index contributed by atoms with van der Waals surface area (Å²) in [6, 6.07) is -0.629. The van der Waals surface area contributed by atoms with E-state index in [1.54, 1.807) is 0 Å². The number of hydrogen-bond acceptors (Lipinski definition) is 2. The topological polar surface area (TPSA) is 63.3 Å². The smallest absolute Gasteiger partial charge is 0.320 e. The Morgan fingerprint density at radius 3 is 2.25 bits per heavy atom. The third kappa shape index (κ3) is 2.99. The van der Waals surface area contributed by atoms with Gasteiger partial charge in [-0.15, -0.1) is 12.4 Å². The minimum Gasteiger partial charge on any atom is -0.480 e. The summed E-state index contributed by atoms with van der Waals surface area (Å²) in [7, 11) is 0. The number of aliphatic carboxylic acids is 1. The molecule has 0 spiro atoms. The second-order valence-electron chi connectivity index (χ2n) is 3.26. The molecule has 0 radical (unpaired) electrons. The van der Waals surface area contributed by atoms with Gasteiger partial charge in [0.05, 0.1) is 0 Å². The maximum atomic E-state index is 10.5. The van der Waals surface area contributed by atoms with Crippen molar-refractivity contribution < 1.29 is 9.90 Å². The van der Waals surface area contributed by atoms with Gasteiger partial charge in [-0.25, -0.2) is 0 Å². The first-order valence-corrected chi connectivity index (χ1v) is 4.20. The summed E-state index contributed by atoms with van der Waals surface area (Å²) in [5.74, 6) is -0.627. The Kier molecular flexibility index (Phi) is 5.25. The van der Waals surface area contributed by atoms with Crippen LogP contribution in [0.5, 0.6) is 0 Å². The maximum Gasteiger partial charge on any atom is 0.320 e. The number of carboxylic acids is 1. The van der Waals surface area contributed by atoms with E-state index in [0.717, 1.165) is 25.7 Å². The molecule has 1 aliphatic rings. The number of hydrogen-bond donors (Lipinski definition) is 2. The van der Waals surface area contributed by atoms with Crippen molar-refractivity contribution in [3.8, 4) is 0 Å². The SMILES string of the molecule is Cl.N[C@@H](C(=O)O)C1CCCCC1. The molecule has 1 rings (SSSR count). The minimum atomic E-state index is -0.850. The molecular formula is C8H16ClNO2. The van der Waals surface area contributed by atoms with E-state index in [9.17, 15) is 4.79 Å². The molecule has 0 amide bonds. The minimum absolute atomic E-state index is 0. The molecular weight excluding hydrogens is 178 g/mol. The van der Waals surface area contributed by atoms with Crippen molar-refractivity contribution in [2.75, 3.05) is 0 Å². The first-order valence-electron chi connectivity index (χ1n) is 4.20. The fraction of sp³-hybridized carbons (Fsp3) is 0.875. The molecule has 0 unspecified atom stereocenters. The first-order chi connectivity index (χ1) is 5.22. The van der Waals surface area contributed by atoms with Crippen LogP contribution in [0.15, 0.2) is 0 Å². The van der Waals surface area contributed by atoms with Gasteiger partial charge < -0.3 is 10.8 Å². The monoisotopic (exact) mass is 193 g/mol. The molecule has 1 atom stereocenters. The van der Waals surface area contributed by atoms with Crippen LogP contribution in [-0.2, 0) is 4.79 Å². The summed E-state index contributed by atoms with van der Waals surface area (Å²) < 4.78 is 0. The predicted molar refractivity (Wildman–Crippen MR) is 49.4 cm³/mol. The molecule has 3 nitrogen and oxygen atoms in total. The maximum absolute atomic E-state index is 10.5. The van der Waals surface area contributed by atoms with Gasteiger partial charge in [-0.2, -0.15) is 0 Å². The number of carboxylic acid groups (broad SMARTS) is 1. The van der Waals surface area contributed by atoms with Crippen molar-refractivity contribution in [1.82, 2.24) is 0 Å². The lowest BCUT2D eigenvalue weighted by atomic mass is 9.84. The molecule has 0 bridgehead atoms. The third-order valence-electron chi connectivity index (χ3n) is 2.44. The molecule has 1 fully saturated rings. The van der Waals surface area contributed by atoms with Crippen molar-refractivity contribution in [2.45, 2.75) is 38.1 Å². The second kappa shape index (κ2) is 5.38. The van der Waals surface area contributed by atoms with Gasteiger partial charge in [0, 0.05) is 0 Å². The van der Waals surface area contributed by atoms with E-state index in [1.807, 2.05) is 0 Å². The Balaban J connectivity index is 0.00000121. The van der Waals surface area contributed by atoms with E-state index >= 15 is 0 Å². The number of rotatable bonds is 2. The van der Waals surface area contributed by atoms with Gasteiger partial charge in [0.1, 0.15) is 6.04 Å². The Morgan fingerprint density at radius 2 is 1.83 bits per heavy atom. The highest BCUT2D eigenvalue weighted by Gasteiger charge is 2.25. The molecule has 0 aliphatic heterocycles. The van der Waals surface area contributed by atoms with Crippen molar-refractivity contribution in [2.24, 2.45) is 11.7 Å². The molecule has 0 aromatic rings. The molecule has 12 heavy (non-hydrogen) atoms. The van der Waals surface area contributed by atoms with Crippen LogP contribution in [0.25, 0.3) is 0 Å².